The highest BCUT2D eigenvalue weighted by molar-refractivity contribution is 5.89. The largest absolute Gasteiger partial charge is 0.494 e. The van der Waals surface area contributed by atoms with Gasteiger partial charge in [0.2, 0.25) is 5.60 Å². The highest BCUT2D eigenvalue weighted by Gasteiger charge is 2.36. The van der Waals surface area contributed by atoms with Crippen LogP contribution in [-0.2, 0) is 11.2 Å². The second kappa shape index (κ2) is 15.3. The van der Waals surface area contributed by atoms with Crippen LogP contribution in [0.1, 0.15) is 32.3 Å². The van der Waals surface area contributed by atoms with E-state index in [0.29, 0.717) is 49.1 Å². The standard InChI is InChI=1S/C35H38N2O6/c1-3-22-37(34(40)36-28-12-10-17-32(25-28)42-30-13-6-4-7-14-30)23-11-24-41-29-20-18-27(19-21-29)26-35(2,33(38)39)43-31-15-8-5-9-16-31/h4-10,12-21,25H,3,11,22-24,26H2,1-2H3,(H,36,40)(H,38,39)/t35-/m0/s1. The summed E-state index contributed by atoms with van der Waals surface area (Å²) in [7, 11) is 0. The Morgan fingerprint density at radius 1 is 0.791 bits per heavy atom. The average Bonchev–Trinajstić information content (AvgIpc) is 3.00. The molecular weight excluding hydrogens is 544 g/mol. The number of benzene rings is 4. The number of urea groups is 1. The van der Waals surface area contributed by atoms with Crippen LogP contribution in [0.25, 0.3) is 0 Å². The fraction of sp³-hybridized carbons (Fsp3) is 0.257. The zero-order valence-electron chi connectivity index (χ0n) is 24.6. The minimum Gasteiger partial charge on any atom is -0.494 e. The van der Waals surface area contributed by atoms with Crippen LogP contribution in [0, 0.1) is 0 Å². The molecule has 8 nitrogen and oxygen atoms in total. The average molecular weight is 583 g/mol. The van der Waals surface area contributed by atoms with Crippen LogP contribution >= 0.6 is 0 Å². The van der Waals surface area contributed by atoms with Crippen molar-refractivity contribution in [2.75, 3.05) is 25.0 Å². The summed E-state index contributed by atoms with van der Waals surface area (Å²) in [6.07, 6.45) is 1.67. The first kappa shape index (κ1) is 31.0. The molecule has 4 aromatic carbocycles. The molecule has 0 bridgehead atoms. The first-order chi connectivity index (χ1) is 20.8. The first-order valence-corrected chi connectivity index (χ1v) is 14.4. The summed E-state index contributed by atoms with van der Waals surface area (Å²) >= 11 is 0. The van der Waals surface area contributed by atoms with Crippen LogP contribution in [-0.4, -0.2) is 47.3 Å². The Labute approximate surface area is 252 Å². The molecule has 2 N–H and O–H groups in total. The predicted octanol–water partition coefficient (Wildman–Crippen LogP) is 7.66. The predicted molar refractivity (Wildman–Crippen MR) is 167 cm³/mol. The number of carbonyl (C=O) groups is 2. The Kier molecular flexibility index (Phi) is 11.0. The van der Waals surface area contributed by atoms with E-state index in [9.17, 15) is 14.7 Å². The maximum atomic E-state index is 13.0. The summed E-state index contributed by atoms with van der Waals surface area (Å²) in [4.78, 5) is 26.8. The minimum atomic E-state index is -1.41. The van der Waals surface area contributed by atoms with E-state index in [2.05, 4.69) is 5.32 Å². The molecule has 0 fully saturated rings. The smallest absolute Gasteiger partial charge is 0.348 e. The van der Waals surface area contributed by atoms with E-state index < -0.39 is 11.6 Å². The second-order valence-corrected chi connectivity index (χ2v) is 10.3. The summed E-state index contributed by atoms with van der Waals surface area (Å²) in [6.45, 7) is 5.18. The fourth-order valence-electron chi connectivity index (χ4n) is 4.49. The van der Waals surface area contributed by atoms with Crippen molar-refractivity contribution in [3.63, 3.8) is 0 Å². The number of nitrogens with zero attached hydrogens (tertiary/aromatic N) is 1. The number of hydrogen-bond acceptors (Lipinski definition) is 5. The molecule has 0 aliphatic heterocycles. The van der Waals surface area contributed by atoms with E-state index in [0.717, 1.165) is 17.7 Å². The Morgan fingerprint density at radius 3 is 2.09 bits per heavy atom. The molecule has 224 valence electrons. The lowest BCUT2D eigenvalue weighted by atomic mass is 9.96. The molecule has 0 saturated carbocycles. The molecule has 1 atom stereocenters. The summed E-state index contributed by atoms with van der Waals surface area (Å²) in [6, 6.07) is 32.9. The zero-order valence-corrected chi connectivity index (χ0v) is 24.6. The maximum absolute atomic E-state index is 13.0. The molecule has 0 aromatic heterocycles. The van der Waals surface area contributed by atoms with Crippen molar-refractivity contribution in [3.8, 4) is 23.0 Å². The van der Waals surface area contributed by atoms with Crippen LogP contribution in [0.2, 0.25) is 0 Å². The summed E-state index contributed by atoms with van der Waals surface area (Å²) in [5.74, 6) is 1.51. The number of nitrogens with one attached hydrogen (secondary N) is 1. The molecule has 0 radical (unpaired) electrons. The number of rotatable bonds is 15. The van der Waals surface area contributed by atoms with E-state index >= 15 is 0 Å². The molecule has 43 heavy (non-hydrogen) atoms. The quantitative estimate of drug-likeness (QED) is 0.140. The van der Waals surface area contributed by atoms with Crippen LogP contribution in [0.5, 0.6) is 23.0 Å². The lowest BCUT2D eigenvalue weighted by Gasteiger charge is -2.26. The van der Waals surface area contributed by atoms with Gasteiger partial charge in [0.15, 0.2) is 0 Å². The maximum Gasteiger partial charge on any atom is 0.348 e. The van der Waals surface area contributed by atoms with Gasteiger partial charge in [-0.3, -0.25) is 0 Å². The number of aliphatic carboxylic acids is 1. The second-order valence-electron chi connectivity index (χ2n) is 10.3. The van der Waals surface area contributed by atoms with Gasteiger partial charge < -0.3 is 29.5 Å². The highest BCUT2D eigenvalue weighted by Crippen LogP contribution is 2.25. The number of para-hydroxylation sites is 2. The van der Waals surface area contributed by atoms with Gasteiger partial charge in [-0.25, -0.2) is 9.59 Å². The zero-order chi connectivity index (χ0) is 30.5. The number of carbonyl (C=O) groups excluding carboxylic acids is 1. The molecule has 8 heteroatoms. The molecular formula is C35H38N2O6. The third-order valence-electron chi connectivity index (χ3n) is 6.69. The van der Waals surface area contributed by atoms with Crippen LogP contribution in [0.3, 0.4) is 0 Å². The van der Waals surface area contributed by atoms with Gasteiger partial charge in [-0.2, -0.15) is 0 Å². The van der Waals surface area contributed by atoms with Gasteiger partial charge in [-0.05, 0) is 73.9 Å². The van der Waals surface area contributed by atoms with E-state index in [4.69, 9.17) is 14.2 Å². The van der Waals surface area contributed by atoms with Crippen molar-refractivity contribution in [2.45, 2.75) is 38.7 Å². The van der Waals surface area contributed by atoms with Crippen molar-refractivity contribution in [1.29, 1.82) is 0 Å². The Hall–Kier alpha value is -4.98. The van der Waals surface area contributed by atoms with Gasteiger partial charge in [0.05, 0.1) is 6.61 Å². The van der Waals surface area contributed by atoms with E-state index in [1.54, 1.807) is 42.2 Å². The number of carboxylic acid groups (broad SMARTS) is 1. The molecule has 0 saturated heterocycles. The van der Waals surface area contributed by atoms with Crippen molar-refractivity contribution in [2.24, 2.45) is 0 Å². The van der Waals surface area contributed by atoms with Crippen molar-refractivity contribution in [1.82, 2.24) is 4.90 Å². The number of ether oxygens (including phenoxy) is 3. The lowest BCUT2D eigenvalue weighted by molar-refractivity contribution is -0.153. The molecule has 0 unspecified atom stereocenters. The number of amides is 2. The Bertz CT molecular complexity index is 1450. The lowest BCUT2D eigenvalue weighted by Crippen LogP contribution is -2.43. The molecule has 0 heterocycles. The van der Waals surface area contributed by atoms with Crippen molar-refractivity contribution < 1.29 is 28.9 Å². The van der Waals surface area contributed by atoms with Crippen molar-refractivity contribution in [3.05, 3.63) is 115 Å². The third-order valence-corrected chi connectivity index (χ3v) is 6.69. The van der Waals surface area contributed by atoms with Gasteiger partial charge in [-0.1, -0.05) is 61.5 Å². The van der Waals surface area contributed by atoms with E-state index in [1.807, 2.05) is 85.8 Å². The van der Waals surface area contributed by atoms with Crippen LogP contribution in [0.15, 0.2) is 109 Å². The normalized spacial score (nSPS) is 12.0. The first-order valence-electron chi connectivity index (χ1n) is 14.4. The molecule has 4 aromatic rings. The SMILES string of the molecule is CCCN(CCCOc1ccc(C[C@](C)(Oc2ccccc2)C(=O)O)cc1)C(=O)Nc1cccc(Oc2ccccc2)c1. The monoisotopic (exact) mass is 582 g/mol. The van der Waals surface area contributed by atoms with Gasteiger partial charge in [-0.15, -0.1) is 0 Å². The molecule has 2 amide bonds. The highest BCUT2D eigenvalue weighted by atomic mass is 16.5. The number of anilines is 1. The molecule has 4 rings (SSSR count). The van der Waals surface area contributed by atoms with Crippen LogP contribution < -0.4 is 19.5 Å². The Balaban J connectivity index is 1.25. The van der Waals surface area contributed by atoms with Gasteiger partial charge >= 0.3 is 12.0 Å². The summed E-state index contributed by atoms with van der Waals surface area (Å²) in [5.41, 5.74) is 0.0600. The van der Waals surface area contributed by atoms with E-state index in [-0.39, 0.29) is 12.5 Å². The van der Waals surface area contributed by atoms with Gasteiger partial charge in [0.25, 0.3) is 0 Å². The molecule has 0 aliphatic carbocycles. The number of carboxylic acids is 1. The number of hydrogen-bond donors (Lipinski definition) is 2. The summed E-state index contributed by atoms with van der Waals surface area (Å²) in [5, 5.41) is 12.8. The molecule has 0 spiro atoms. The fourth-order valence-corrected chi connectivity index (χ4v) is 4.49. The Morgan fingerprint density at radius 2 is 1.44 bits per heavy atom. The minimum absolute atomic E-state index is 0.178. The van der Waals surface area contributed by atoms with Crippen LogP contribution in [0.4, 0.5) is 10.5 Å². The topological polar surface area (TPSA) is 97.3 Å². The molecule has 0 aliphatic rings. The van der Waals surface area contributed by atoms with Crippen molar-refractivity contribution >= 4 is 17.7 Å². The van der Waals surface area contributed by atoms with E-state index in [1.165, 1.54) is 0 Å². The third kappa shape index (κ3) is 9.53. The van der Waals surface area contributed by atoms with Gasteiger partial charge in [0.1, 0.15) is 23.0 Å². The summed E-state index contributed by atoms with van der Waals surface area (Å²) < 4.78 is 17.6. The van der Waals surface area contributed by atoms with Gasteiger partial charge in [0, 0.05) is 31.3 Å².